The zero-order valence-electron chi connectivity index (χ0n) is 5.82. The summed E-state index contributed by atoms with van der Waals surface area (Å²) in [5.41, 5.74) is 8.01. The van der Waals surface area contributed by atoms with Gasteiger partial charge in [-0.05, 0) is 5.53 Å². The number of piperazine rings is 1. The molecule has 1 fully saturated rings. The summed E-state index contributed by atoms with van der Waals surface area (Å²) in [6.45, 7) is 4.48. The summed E-state index contributed by atoms with van der Waals surface area (Å²) in [6, 6.07) is 0. The van der Waals surface area contributed by atoms with Crippen LogP contribution in [0, 0.1) is 0 Å². The molecule has 0 aromatic heterocycles. The molecule has 10 heavy (non-hydrogen) atoms. The van der Waals surface area contributed by atoms with E-state index in [2.05, 4.69) is 20.2 Å². The maximum atomic E-state index is 8.01. The highest BCUT2D eigenvalue weighted by Gasteiger charge is 2.06. The van der Waals surface area contributed by atoms with Crippen LogP contribution < -0.4 is 5.32 Å². The predicted octanol–water partition coefficient (Wildman–Crippen LogP) is 0.159. The van der Waals surface area contributed by atoms with E-state index in [1.54, 1.807) is 0 Å². The second kappa shape index (κ2) is 4.11. The molecule has 0 aromatic rings. The highest BCUT2D eigenvalue weighted by molar-refractivity contribution is 4.66. The van der Waals surface area contributed by atoms with E-state index in [4.69, 9.17) is 5.53 Å². The minimum atomic E-state index is 0.512. The van der Waals surface area contributed by atoms with Gasteiger partial charge in [0.25, 0.3) is 0 Å². The Morgan fingerprint density at radius 3 is 2.80 bits per heavy atom. The third-order valence-corrected chi connectivity index (χ3v) is 1.54. The van der Waals surface area contributed by atoms with Gasteiger partial charge in [0.15, 0.2) is 0 Å². The Hall–Kier alpha value is -0.770. The first-order chi connectivity index (χ1) is 4.93. The molecular formula is C5H11N5. The van der Waals surface area contributed by atoms with Crippen LogP contribution in [0.1, 0.15) is 0 Å². The molecule has 1 aliphatic rings. The summed E-state index contributed by atoms with van der Waals surface area (Å²) in [6.07, 6.45) is 0. The van der Waals surface area contributed by atoms with Crippen molar-refractivity contribution >= 4 is 0 Å². The Morgan fingerprint density at radius 2 is 2.20 bits per heavy atom. The summed E-state index contributed by atoms with van der Waals surface area (Å²) in [4.78, 5) is 4.81. The van der Waals surface area contributed by atoms with Crippen molar-refractivity contribution in [2.24, 2.45) is 5.11 Å². The van der Waals surface area contributed by atoms with Gasteiger partial charge in [-0.2, -0.15) is 0 Å². The van der Waals surface area contributed by atoms with Crippen molar-refractivity contribution in [2.75, 3.05) is 32.8 Å². The lowest BCUT2D eigenvalue weighted by atomic mass is 10.4. The zero-order valence-corrected chi connectivity index (χ0v) is 5.82. The van der Waals surface area contributed by atoms with Crippen molar-refractivity contribution in [3.05, 3.63) is 10.4 Å². The lowest BCUT2D eigenvalue weighted by molar-refractivity contribution is 0.247. The zero-order chi connectivity index (χ0) is 7.23. The minimum absolute atomic E-state index is 0.512. The van der Waals surface area contributed by atoms with E-state index < -0.39 is 0 Å². The SMILES string of the molecule is [N-]=[N+]=NCN1CCNCC1. The van der Waals surface area contributed by atoms with Crippen molar-refractivity contribution < 1.29 is 0 Å². The fourth-order valence-corrected chi connectivity index (χ4v) is 0.970. The van der Waals surface area contributed by atoms with E-state index in [0.717, 1.165) is 26.2 Å². The van der Waals surface area contributed by atoms with Crippen molar-refractivity contribution in [1.82, 2.24) is 10.2 Å². The second-order valence-electron chi connectivity index (χ2n) is 2.24. The number of azide groups is 1. The standard InChI is InChI=1S/C5H11N5/c6-9-8-5-10-3-1-7-2-4-10/h7H,1-5H2. The fraction of sp³-hybridized carbons (Fsp3) is 1.00. The van der Waals surface area contributed by atoms with E-state index in [9.17, 15) is 0 Å². The number of rotatable bonds is 2. The molecule has 0 saturated carbocycles. The monoisotopic (exact) mass is 141 g/mol. The molecule has 0 unspecified atom stereocenters. The Balaban J connectivity index is 2.19. The van der Waals surface area contributed by atoms with Crippen molar-refractivity contribution in [1.29, 1.82) is 0 Å². The molecule has 1 aliphatic heterocycles. The van der Waals surface area contributed by atoms with Gasteiger partial charge in [0.1, 0.15) is 0 Å². The van der Waals surface area contributed by atoms with Crippen LogP contribution in [0.25, 0.3) is 10.4 Å². The number of hydrogen-bond donors (Lipinski definition) is 1. The highest BCUT2D eigenvalue weighted by atomic mass is 15.3. The van der Waals surface area contributed by atoms with Gasteiger partial charge in [0, 0.05) is 31.1 Å². The van der Waals surface area contributed by atoms with Crippen LogP contribution >= 0.6 is 0 Å². The molecule has 0 spiro atoms. The summed E-state index contributed by atoms with van der Waals surface area (Å²) in [7, 11) is 0. The van der Waals surface area contributed by atoms with E-state index in [0.29, 0.717) is 6.67 Å². The lowest BCUT2D eigenvalue weighted by Gasteiger charge is -2.24. The van der Waals surface area contributed by atoms with Crippen molar-refractivity contribution in [2.45, 2.75) is 0 Å². The predicted molar refractivity (Wildman–Crippen MR) is 38.5 cm³/mol. The maximum absolute atomic E-state index is 8.01. The molecule has 0 atom stereocenters. The van der Waals surface area contributed by atoms with Crippen LogP contribution in [0.4, 0.5) is 0 Å². The average Bonchev–Trinajstić information content (AvgIpc) is 2.03. The molecule has 1 rings (SSSR count). The van der Waals surface area contributed by atoms with Gasteiger partial charge >= 0.3 is 0 Å². The topological polar surface area (TPSA) is 64.0 Å². The third kappa shape index (κ3) is 2.23. The Bertz CT molecular complexity index is 133. The molecule has 0 amide bonds. The fourth-order valence-electron chi connectivity index (χ4n) is 0.970. The molecule has 0 radical (unpaired) electrons. The molecule has 0 aliphatic carbocycles. The summed E-state index contributed by atoms with van der Waals surface area (Å²) in [5, 5.41) is 6.69. The normalized spacial score (nSPS) is 20.0. The number of nitrogens with zero attached hydrogens (tertiary/aromatic N) is 4. The molecule has 56 valence electrons. The molecule has 5 heteroatoms. The van der Waals surface area contributed by atoms with Gasteiger partial charge in [-0.1, -0.05) is 5.11 Å². The van der Waals surface area contributed by atoms with Gasteiger partial charge in [-0.3, -0.25) is 4.90 Å². The molecule has 1 saturated heterocycles. The first-order valence-electron chi connectivity index (χ1n) is 3.37. The van der Waals surface area contributed by atoms with Gasteiger partial charge in [-0.25, -0.2) is 0 Å². The molecule has 1 N–H and O–H groups in total. The average molecular weight is 141 g/mol. The van der Waals surface area contributed by atoms with Gasteiger partial charge in [0.2, 0.25) is 0 Å². The Morgan fingerprint density at radius 1 is 1.50 bits per heavy atom. The second-order valence-corrected chi connectivity index (χ2v) is 2.24. The quantitative estimate of drug-likeness (QED) is 0.338. The first-order valence-corrected chi connectivity index (χ1v) is 3.37. The molecule has 0 aromatic carbocycles. The maximum Gasteiger partial charge on any atom is 0.0774 e. The molecular weight excluding hydrogens is 130 g/mol. The van der Waals surface area contributed by atoms with Crippen LogP contribution in [-0.2, 0) is 0 Å². The largest absolute Gasteiger partial charge is 0.314 e. The van der Waals surface area contributed by atoms with Gasteiger partial charge < -0.3 is 5.32 Å². The number of hydrogen-bond acceptors (Lipinski definition) is 3. The highest BCUT2D eigenvalue weighted by Crippen LogP contribution is 1.90. The van der Waals surface area contributed by atoms with Crippen molar-refractivity contribution in [3.8, 4) is 0 Å². The van der Waals surface area contributed by atoms with Crippen LogP contribution in [0.2, 0.25) is 0 Å². The Labute approximate surface area is 59.6 Å². The Kier molecular flexibility index (Phi) is 3.02. The van der Waals surface area contributed by atoms with E-state index >= 15 is 0 Å². The molecule has 0 bridgehead atoms. The van der Waals surface area contributed by atoms with Crippen LogP contribution in [0.3, 0.4) is 0 Å². The van der Waals surface area contributed by atoms with Crippen LogP contribution in [-0.4, -0.2) is 37.7 Å². The van der Waals surface area contributed by atoms with E-state index in [1.165, 1.54) is 0 Å². The first kappa shape index (κ1) is 7.34. The van der Waals surface area contributed by atoms with Gasteiger partial charge in [-0.15, -0.1) is 0 Å². The van der Waals surface area contributed by atoms with E-state index in [1.807, 2.05) is 0 Å². The van der Waals surface area contributed by atoms with Gasteiger partial charge in [0.05, 0.1) is 6.67 Å². The minimum Gasteiger partial charge on any atom is -0.314 e. The number of nitrogens with one attached hydrogen (secondary N) is 1. The smallest absolute Gasteiger partial charge is 0.0774 e. The third-order valence-electron chi connectivity index (χ3n) is 1.54. The molecule has 5 nitrogen and oxygen atoms in total. The lowest BCUT2D eigenvalue weighted by Crippen LogP contribution is -2.43. The van der Waals surface area contributed by atoms with E-state index in [-0.39, 0.29) is 0 Å². The molecule has 1 heterocycles. The van der Waals surface area contributed by atoms with Crippen molar-refractivity contribution in [3.63, 3.8) is 0 Å². The summed E-state index contributed by atoms with van der Waals surface area (Å²) < 4.78 is 0. The summed E-state index contributed by atoms with van der Waals surface area (Å²) in [5.74, 6) is 0. The van der Waals surface area contributed by atoms with Crippen LogP contribution in [0.5, 0.6) is 0 Å². The summed E-state index contributed by atoms with van der Waals surface area (Å²) >= 11 is 0. The van der Waals surface area contributed by atoms with Crippen LogP contribution in [0.15, 0.2) is 5.11 Å².